The van der Waals surface area contributed by atoms with Crippen molar-refractivity contribution in [3.63, 3.8) is 0 Å². The summed E-state index contributed by atoms with van der Waals surface area (Å²) in [5.41, 5.74) is 2.16. The second kappa shape index (κ2) is 6.48. The number of aryl methyl sites for hydroxylation is 1. The number of methoxy groups -OCH3 is 3. The largest absolute Gasteiger partial charge is 0.493 e. The molecule has 2 aromatic rings. The molecule has 1 aromatic heterocycles. The van der Waals surface area contributed by atoms with E-state index in [1.807, 2.05) is 12.1 Å². The maximum atomic E-state index is 11.1. The van der Waals surface area contributed by atoms with Gasteiger partial charge in [-0.1, -0.05) is 0 Å². The average molecular weight is 306 g/mol. The molecule has 7 heteroatoms. The summed E-state index contributed by atoms with van der Waals surface area (Å²) in [7, 11) is 6.36. The van der Waals surface area contributed by atoms with Crippen LogP contribution in [0.3, 0.4) is 0 Å². The van der Waals surface area contributed by atoms with Gasteiger partial charge in [0.2, 0.25) is 0 Å². The van der Waals surface area contributed by atoms with Gasteiger partial charge in [0.25, 0.3) is 0 Å². The average Bonchev–Trinajstić information content (AvgIpc) is 2.88. The lowest BCUT2D eigenvalue weighted by molar-refractivity contribution is 0.0689. The van der Waals surface area contributed by atoms with Gasteiger partial charge >= 0.3 is 5.97 Å². The molecule has 2 rings (SSSR count). The number of rotatable bonds is 6. The lowest BCUT2D eigenvalue weighted by Gasteiger charge is -2.15. The topological polar surface area (TPSA) is 82.8 Å². The minimum Gasteiger partial charge on any atom is -0.493 e. The van der Waals surface area contributed by atoms with E-state index in [4.69, 9.17) is 19.3 Å². The van der Waals surface area contributed by atoms with E-state index in [0.717, 1.165) is 5.56 Å². The zero-order valence-corrected chi connectivity index (χ0v) is 12.9. The Morgan fingerprint density at radius 3 is 2.45 bits per heavy atom. The van der Waals surface area contributed by atoms with Crippen LogP contribution < -0.4 is 9.47 Å². The van der Waals surface area contributed by atoms with Crippen LogP contribution in [0.25, 0.3) is 11.3 Å². The number of ether oxygens (including phenoxy) is 3. The molecule has 0 aliphatic carbocycles. The van der Waals surface area contributed by atoms with Crippen molar-refractivity contribution >= 4 is 5.97 Å². The fourth-order valence-corrected chi connectivity index (χ4v) is 2.29. The molecule has 0 aliphatic rings. The quantitative estimate of drug-likeness (QED) is 0.878. The van der Waals surface area contributed by atoms with Gasteiger partial charge in [-0.25, -0.2) is 4.79 Å². The summed E-state index contributed by atoms with van der Waals surface area (Å²) in [5.74, 6) is -0.0201. The Hall–Kier alpha value is -2.54. The van der Waals surface area contributed by atoms with Gasteiger partial charge in [0, 0.05) is 19.7 Å². The summed E-state index contributed by atoms with van der Waals surface area (Å²) in [6.07, 6.45) is 0. The van der Waals surface area contributed by atoms with Crippen LogP contribution in [0.5, 0.6) is 11.5 Å². The van der Waals surface area contributed by atoms with Crippen molar-refractivity contribution in [1.29, 1.82) is 0 Å². The summed E-state index contributed by atoms with van der Waals surface area (Å²) in [5, 5.41) is 13.1. The van der Waals surface area contributed by atoms with Crippen molar-refractivity contribution in [2.75, 3.05) is 21.3 Å². The Labute approximate surface area is 128 Å². The second-order valence-corrected chi connectivity index (χ2v) is 4.66. The lowest BCUT2D eigenvalue weighted by Crippen LogP contribution is -2.01. The molecule has 0 bridgehead atoms. The van der Waals surface area contributed by atoms with Crippen molar-refractivity contribution in [2.45, 2.75) is 6.61 Å². The van der Waals surface area contributed by atoms with Gasteiger partial charge in [-0.15, -0.1) is 0 Å². The Morgan fingerprint density at radius 2 is 1.95 bits per heavy atom. The zero-order chi connectivity index (χ0) is 16.3. The van der Waals surface area contributed by atoms with E-state index in [9.17, 15) is 4.79 Å². The first-order chi connectivity index (χ1) is 10.5. The van der Waals surface area contributed by atoms with E-state index < -0.39 is 5.97 Å². The number of carboxylic acids is 1. The van der Waals surface area contributed by atoms with Crippen LogP contribution in [0.15, 0.2) is 18.2 Å². The highest BCUT2D eigenvalue weighted by atomic mass is 16.5. The zero-order valence-electron chi connectivity index (χ0n) is 12.9. The molecule has 0 spiro atoms. The molecule has 0 fully saturated rings. The molecule has 0 atom stereocenters. The van der Waals surface area contributed by atoms with Crippen LogP contribution in [0.4, 0.5) is 0 Å². The summed E-state index contributed by atoms with van der Waals surface area (Å²) in [6, 6.07) is 5.18. The smallest absolute Gasteiger partial charge is 0.356 e. The minimum absolute atomic E-state index is 0.0318. The molecule has 22 heavy (non-hydrogen) atoms. The maximum Gasteiger partial charge on any atom is 0.356 e. The van der Waals surface area contributed by atoms with Gasteiger partial charge < -0.3 is 19.3 Å². The van der Waals surface area contributed by atoms with Gasteiger partial charge in [-0.05, 0) is 23.8 Å². The van der Waals surface area contributed by atoms with Gasteiger partial charge in [0.1, 0.15) is 0 Å². The number of hydrogen-bond donors (Lipinski definition) is 1. The van der Waals surface area contributed by atoms with E-state index >= 15 is 0 Å². The SMILES string of the molecule is COCc1cc(OC)c(OC)c(-c2cc(C(=O)O)nn2C)c1. The highest BCUT2D eigenvalue weighted by molar-refractivity contribution is 5.87. The summed E-state index contributed by atoms with van der Waals surface area (Å²) in [6.45, 7) is 0.400. The van der Waals surface area contributed by atoms with E-state index in [-0.39, 0.29) is 5.69 Å². The number of nitrogens with zero attached hydrogens (tertiary/aromatic N) is 2. The number of aromatic carboxylic acids is 1. The van der Waals surface area contributed by atoms with E-state index in [1.54, 1.807) is 21.3 Å². The molecule has 1 N–H and O–H groups in total. The maximum absolute atomic E-state index is 11.1. The van der Waals surface area contributed by atoms with Gasteiger partial charge in [-0.2, -0.15) is 5.10 Å². The normalized spacial score (nSPS) is 10.5. The Bertz CT molecular complexity index is 693. The predicted molar refractivity (Wildman–Crippen MR) is 79.4 cm³/mol. The first kappa shape index (κ1) is 15.8. The Morgan fingerprint density at radius 1 is 1.23 bits per heavy atom. The second-order valence-electron chi connectivity index (χ2n) is 4.66. The van der Waals surface area contributed by atoms with Crippen molar-refractivity contribution in [3.8, 4) is 22.8 Å². The number of aromatic nitrogens is 2. The highest BCUT2D eigenvalue weighted by Crippen LogP contribution is 2.39. The standard InChI is InChI=1S/C15H18N2O5/c1-17-12(7-11(16-17)15(18)19)10-5-9(8-20-2)6-13(21-3)14(10)22-4/h5-7H,8H2,1-4H3,(H,18,19). The minimum atomic E-state index is -1.08. The Kier molecular flexibility index (Phi) is 4.67. The van der Waals surface area contributed by atoms with Gasteiger partial charge in [-0.3, -0.25) is 4.68 Å². The van der Waals surface area contributed by atoms with E-state index in [1.165, 1.54) is 17.9 Å². The molecular weight excluding hydrogens is 288 g/mol. The number of carboxylic acid groups (broad SMARTS) is 1. The molecule has 118 valence electrons. The molecule has 0 unspecified atom stereocenters. The summed E-state index contributed by atoms with van der Waals surface area (Å²) in [4.78, 5) is 11.1. The van der Waals surface area contributed by atoms with Gasteiger partial charge in [0.05, 0.1) is 26.5 Å². The highest BCUT2D eigenvalue weighted by Gasteiger charge is 2.19. The first-order valence-electron chi connectivity index (χ1n) is 6.53. The molecule has 1 heterocycles. The molecule has 7 nitrogen and oxygen atoms in total. The lowest BCUT2D eigenvalue weighted by atomic mass is 10.1. The van der Waals surface area contributed by atoms with Gasteiger partial charge in [0.15, 0.2) is 17.2 Å². The van der Waals surface area contributed by atoms with Crippen LogP contribution in [0.1, 0.15) is 16.1 Å². The van der Waals surface area contributed by atoms with Crippen LogP contribution in [-0.2, 0) is 18.4 Å². The molecule has 0 saturated carbocycles. The van der Waals surface area contributed by atoms with E-state index in [2.05, 4.69) is 5.10 Å². The monoisotopic (exact) mass is 306 g/mol. The third-order valence-corrected chi connectivity index (χ3v) is 3.22. The van der Waals surface area contributed by atoms with Crippen LogP contribution in [0.2, 0.25) is 0 Å². The summed E-state index contributed by atoms with van der Waals surface area (Å²) < 4.78 is 17.4. The molecular formula is C15H18N2O5. The first-order valence-corrected chi connectivity index (χ1v) is 6.53. The molecule has 0 radical (unpaired) electrons. The fourth-order valence-electron chi connectivity index (χ4n) is 2.29. The van der Waals surface area contributed by atoms with Crippen molar-refractivity contribution in [3.05, 3.63) is 29.5 Å². The van der Waals surface area contributed by atoms with Crippen LogP contribution in [0, 0.1) is 0 Å². The fraction of sp³-hybridized carbons (Fsp3) is 0.333. The summed E-state index contributed by atoms with van der Waals surface area (Å²) >= 11 is 0. The molecule has 0 aliphatic heterocycles. The molecule has 1 aromatic carbocycles. The van der Waals surface area contributed by atoms with Crippen LogP contribution >= 0.6 is 0 Å². The van der Waals surface area contributed by atoms with E-state index in [0.29, 0.717) is 29.4 Å². The number of benzene rings is 1. The van der Waals surface area contributed by atoms with Crippen LogP contribution in [-0.4, -0.2) is 42.2 Å². The van der Waals surface area contributed by atoms with Crippen molar-refractivity contribution < 1.29 is 24.1 Å². The molecule has 0 amide bonds. The third-order valence-electron chi connectivity index (χ3n) is 3.22. The Balaban J connectivity index is 2.66. The predicted octanol–water partition coefficient (Wildman–Crippen LogP) is 1.95. The number of carbonyl (C=O) groups is 1. The third kappa shape index (κ3) is 2.89. The number of hydrogen-bond acceptors (Lipinski definition) is 5. The van der Waals surface area contributed by atoms with Crippen molar-refractivity contribution in [1.82, 2.24) is 9.78 Å². The molecule has 0 saturated heterocycles. The van der Waals surface area contributed by atoms with Crippen molar-refractivity contribution in [2.24, 2.45) is 7.05 Å².